The molecule has 2 rings (SSSR count). The molecule has 1 aliphatic heterocycles. The predicted octanol–water partition coefficient (Wildman–Crippen LogP) is 0.906. The highest BCUT2D eigenvalue weighted by Gasteiger charge is 2.19. The van der Waals surface area contributed by atoms with Crippen molar-refractivity contribution in [1.29, 1.82) is 0 Å². The van der Waals surface area contributed by atoms with Gasteiger partial charge in [-0.05, 0) is 31.5 Å². The molecule has 1 N–H and O–H groups in total. The molecule has 1 unspecified atom stereocenters. The van der Waals surface area contributed by atoms with Crippen LogP contribution >= 0.6 is 0 Å². The zero-order valence-electron chi connectivity index (χ0n) is 9.52. The molecule has 1 aliphatic rings. The van der Waals surface area contributed by atoms with Crippen LogP contribution in [-0.2, 0) is 0 Å². The van der Waals surface area contributed by atoms with Crippen molar-refractivity contribution < 1.29 is 4.79 Å². The fraction of sp³-hybridized carbons (Fsp3) is 0.500. The number of aromatic nitrogens is 1. The SMILES string of the molecule is CN(CC1CCCN1)C(=O)c1ccncc1. The quantitative estimate of drug-likeness (QED) is 0.821. The average molecular weight is 219 g/mol. The van der Waals surface area contributed by atoms with Crippen LogP contribution in [0.1, 0.15) is 23.2 Å². The van der Waals surface area contributed by atoms with E-state index >= 15 is 0 Å². The molecule has 0 aromatic carbocycles. The van der Waals surface area contributed by atoms with Gasteiger partial charge in [-0.1, -0.05) is 0 Å². The van der Waals surface area contributed by atoms with Gasteiger partial charge in [0.15, 0.2) is 0 Å². The van der Waals surface area contributed by atoms with E-state index in [1.807, 2.05) is 7.05 Å². The Bertz CT molecular complexity index is 347. The third-order valence-corrected chi connectivity index (χ3v) is 2.93. The molecular formula is C12H17N3O. The summed E-state index contributed by atoms with van der Waals surface area (Å²) < 4.78 is 0. The molecule has 1 atom stereocenters. The van der Waals surface area contributed by atoms with Crippen molar-refractivity contribution >= 4 is 5.91 Å². The van der Waals surface area contributed by atoms with Crippen LogP contribution in [0.5, 0.6) is 0 Å². The Labute approximate surface area is 95.7 Å². The van der Waals surface area contributed by atoms with Crippen LogP contribution in [0, 0.1) is 0 Å². The lowest BCUT2D eigenvalue weighted by atomic mass is 10.2. The third-order valence-electron chi connectivity index (χ3n) is 2.93. The van der Waals surface area contributed by atoms with Gasteiger partial charge in [0.2, 0.25) is 0 Å². The topological polar surface area (TPSA) is 45.2 Å². The molecule has 1 amide bonds. The molecule has 0 saturated carbocycles. The first-order chi connectivity index (χ1) is 7.77. The van der Waals surface area contributed by atoms with Crippen LogP contribution in [0.15, 0.2) is 24.5 Å². The lowest BCUT2D eigenvalue weighted by molar-refractivity contribution is 0.0783. The molecule has 0 radical (unpaired) electrons. The Kier molecular flexibility index (Phi) is 3.51. The summed E-state index contributed by atoms with van der Waals surface area (Å²) in [7, 11) is 1.85. The van der Waals surface area contributed by atoms with Crippen molar-refractivity contribution in [3.63, 3.8) is 0 Å². The first kappa shape index (κ1) is 11.1. The molecule has 2 heterocycles. The standard InChI is InChI=1S/C12H17N3O/c1-15(9-11-3-2-6-14-11)12(16)10-4-7-13-8-5-10/h4-5,7-8,11,14H,2-3,6,9H2,1H3. The van der Waals surface area contributed by atoms with Crippen LogP contribution in [0.4, 0.5) is 0 Å². The number of carbonyl (C=O) groups excluding carboxylic acids is 1. The second-order valence-electron chi connectivity index (χ2n) is 4.21. The summed E-state index contributed by atoms with van der Waals surface area (Å²) in [4.78, 5) is 17.7. The van der Waals surface area contributed by atoms with Gasteiger partial charge < -0.3 is 10.2 Å². The fourth-order valence-corrected chi connectivity index (χ4v) is 2.04. The largest absolute Gasteiger partial charge is 0.340 e. The predicted molar refractivity (Wildman–Crippen MR) is 62.2 cm³/mol. The Morgan fingerprint density at radius 2 is 2.31 bits per heavy atom. The van der Waals surface area contributed by atoms with Gasteiger partial charge in [-0.3, -0.25) is 9.78 Å². The van der Waals surface area contributed by atoms with Crippen molar-refractivity contribution in [2.45, 2.75) is 18.9 Å². The molecule has 0 bridgehead atoms. The van der Waals surface area contributed by atoms with E-state index in [1.54, 1.807) is 29.4 Å². The van der Waals surface area contributed by atoms with Gasteiger partial charge in [-0.25, -0.2) is 0 Å². The van der Waals surface area contributed by atoms with E-state index in [9.17, 15) is 4.79 Å². The lowest BCUT2D eigenvalue weighted by Crippen LogP contribution is -2.38. The van der Waals surface area contributed by atoms with E-state index in [2.05, 4.69) is 10.3 Å². The highest BCUT2D eigenvalue weighted by molar-refractivity contribution is 5.93. The second-order valence-corrected chi connectivity index (χ2v) is 4.21. The third kappa shape index (κ3) is 2.58. The minimum atomic E-state index is 0.0658. The molecule has 1 fully saturated rings. The van der Waals surface area contributed by atoms with Gasteiger partial charge >= 0.3 is 0 Å². The van der Waals surface area contributed by atoms with Crippen molar-refractivity contribution in [3.05, 3.63) is 30.1 Å². The minimum absolute atomic E-state index is 0.0658. The Balaban J connectivity index is 1.94. The monoisotopic (exact) mass is 219 g/mol. The summed E-state index contributed by atoms with van der Waals surface area (Å²) in [6.07, 6.45) is 5.67. The number of hydrogen-bond donors (Lipinski definition) is 1. The number of nitrogens with one attached hydrogen (secondary N) is 1. The van der Waals surface area contributed by atoms with E-state index in [0.717, 1.165) is 19.5 Å². The molecule has 0 spiro atoms. The maximum atomic E-state index is 12.0. The summed E-state index contributed by atoms with van der Waals surface area (Å²) >= 11 is 0. The maximum absolute atomic E-state index is 12.0. The summed E-state index contributed by atoms with van der Waals surface area (Å²) in [6.45, 7) is 1.85. The molecule has 86 valence electrons. The summed E-state index contributed by atoms with van der Waals surface area (Å²) in [5, 5.41) is 3.39. The van der Waals surface area contributed by atoms with Crippen LogP contribution in [0.25, 0.3) is 0 Å². The van der Waals surface area contributed by atoms with Crippen LogP contribution in [0.2, 0.25) is 0 Å². The number of pyridine rings is 1. The molecule has 1 aromatic rings. The molecule has 0 aliphatic carbocycles. The average Bonchev–Trinajstić information content (AvgIpc) is 2.82. The fourth-order valence-electron chi connectivity index (χ4n) is 2.04. The van der Waals surface area contributed by atoms with Gasteiger partial charge in [0.05, 0.1) is 0 Å². The minimum Gasteiger partial charge on any atom is -0.340 e. The second kappa shape index (κ2) is 5.07. The molecule has 1 aromatic heterocycles. The smallest absolute Gasteiger partial charge is 0.253 e. The number of amides is 1. The van der Waals surface area contributed by atoms with E-state index in [1.165, 1.54) is 6.42 Å². The van der Waals surface area contributed by atoms with E-state index < -0.39 is 0 Å². The zero-order chi connectivity index (χ0) is 11.4. The number of hydrogen-bond acceptors (Lipinski definition) is 3. The number of rotatable bonds is 3. The summed E-state index contributed by atoms with van der Waals surface area (Å²) in [5.41, 5.74) is 0.704. The summed E-state index contributed by atoms with van der Waals surface area (Å²) in [5.74, 6) is 0.0658. The van der Waals surface area contributed by atoms with E-state index in [0.29, 0.717) is 11.6 Å². The molecular weight excluding hydrogens is 202 g/mol. The molecule has 4 heteroatoms. The normalized spacial score (nSPS) is 19.7. The number of nitrogens with zero attached hydrogens (tertiary/aromatic N) is 2. The maximum Gasteiger partial charge on any atom is 0.253 e. The first-order valence-electron chi connectivity index (χ1n) is 5.66. The van der Waals surface area contributed by atoms with Gasteiger partial charge in [-0.15, -0.1) is 0 Å². The summed E-state index contributed by atoms with van der Waals surface area (Å²) in [6, 6.07) is 3.96. The van der Waals surface area contributed by atoms with Crippen LogP contribution < -0.4 is 5.32 Å². The van der Waals surface area contributed by atoms with Gasteiger partial charge in [0.25, 0.3) is 5.91 Å². The van der Waals surface area contributed by atoms with Gasteiger partial charge in [0.1, 0.15) is 0 Å². The Hall–Kier alpha value is -1.42. The number of likely N-dealkylation sites (N-methyl/N-ethyl adjacent to an activating group) is 1. The van der Waals surface area contributed by atoms with Gasteiger partial charge in [0, 0.05) is 37.6 Å². The molecule has 1 saturated heterocycles. The molecule has 4 nitrogen and oxygen atoms in total. The van der Waals surface area contributed by atoms with Crippen molar-refractivity contribution in [1.82, 2.24) is 15.2 Å². The lowest BCUT2D eigenvalue weighted by Gasteiger charge is -2.21. The Morgan fingerprint density at radius 3 is 2.94 bits per heavy atom. The molecule has 16 heavy (non-hydrogen) atoms. The highest BCUT2D eigenvalue weighted by Crippen LogP contribution is 2.08. The van der Waals surface area contributed by atoms with E-state index in [-0.39, 0.29) is 5.91 Å². The zero-order valence-corrected chi connectivity index (χ0v) is 9.52. The Morgan fingerprint density at radius 1 is 1.56 bits per heavy atom. The number of carbonyl (C=O) groups is 1. The highest BCUT2D eigenvalue weighted by atomic mass is 16.2. The van der Waals surface area contributed by atoms with Crippen molar-refractivity contribution in [3.8, 4) is 0 Å². The van der Waals surface area contributed by atoms with Crippen LogP contribution in [-0.4, -0.2) is 42.0 Å². The van der Waals surface area contributed by atoms with Crippen molar-refractivity contribution in [2.75, 3.05) is 20.1 Å². The van der Waals surface area contributed by atoms with Crippen molar-refractivity contribution in [2.24, 2.45) is 0 Å². The first-order valence-corrected chi connectivity index (χ1v) is 5.66. The van der Waals surface area contributed by atoms with E-state index in [4.69, 9.17) is 0 Å². The van der Waals surface area contributed by atoms with Gasteiger partial charge in [-0.2, -0.15) is 0 Å². The van der Waals surface area contributed by atoms with Crippen LogP contribution in [0.3, 0.4) is 0 Å².